The van der Waals surface area contributed by atoms with Gasteiger partial charge in [-0.2, -0.15) is 0 Å². The second-order valence-corrected chi connectivity index (χ2v) is 2.98. The summed E-state index contributed by atoms with van der Waals surface area (Å²) in [6.07, 6.45) is 0. The molecule has 62 valence electrons. The van der Waals surface area contributed by atoms with Gasteiger partial charge in [-0.25, -0.2) is 0 Å². The summed E-state index contributed by atoms with van der Waals surface area (Å²) in [5, 5.41) is 12.3. The molecule has 5 heteroatoms. The highest BCUT2D eigenvalue weighted by atomic mass is 79.9. The molecule has 1 aromatic carbocycles. The van der Waals surface area contributed by atoms with E-state index in [1.165, 1.54) is 0 Å². The van der Waals surface area contributed by atoms with E-state index >= 15 is 0 Å². The third kappa shape index (κ3) is 1.98. The van der Waals surface area contributed by atoms with Crippen LogP contribution in [0.4, 0.5) is 5.69 Å². The first-order chi connectivity index (χ1) is 5.77. The molecule has 0 aliphatic rings. The molecule has 0 amide bonds. The van der Waals surface area contributed by atoms with Crippen molar-refractivity contribution < 1.29 is 5.11 Å². The Hall–Kier alpha value is -1.03. The second kappa shape index (κ2) is 4.11. The lowest BCUT2D eigenvalue weighted by Gasteiger charge is -2.00. The molecular weight excluding hydrogens is 222 g/mol. The molecule has 0 spiro atoms. The summed E-state index contributed by atoms with van der Waals surface area (Å²) in [6, 6.07) is 5.03. The fourth-order valence-electron chi connectivity index (χ4n) is 0.796. The van der Waals surface area contributed by atoms with Crippen LogP contribution in [0.2, 0.25) is 0 Å². The van der Waals surface area contributed by atoms with Crippen LogP contribution in [0.3, 0.4) is 0 Å². The summed E-state index contributed by atoms with van der Waals surface area (Å²) in [7, 11) is 0. The number of halogens is 1. The first-order valence-corrected chi connectivity index (χ1v) is 4.01. The van der Waals surface area contributed by atoms with Crippen LogP contribution in [0.25, 0.3) is 10.4 Å². The normalized spacial score (nSPS) is 9.17. The van der Waals surface area contributed by atoms with Gasteiger partial charge in [0.1, 0.15) is 0 Å². The molecule has 0 radical (unpaired) electrons. The third-order valence-electron chi connectivity index (χ3n) is 1.36. The number of hydrogen-bond donors (Lipinski definition) is 1. The van der Waals surface area contributed by atoms with Crippen molar-refractivity contribution in [1.29, 1.82) is 0 Å². The molecule has 0 aromatic heterocycles. The van der Waals surface area contributed by atoms with Crippen molar-refractivity contribution in [2.24, 2.45) is 5.11 Å². The first-order valence-electron chi connectivity index (χ1n) is 3.22. The summed E-state index contributed by atoms with van der Waals surface area (Å²) >= 11 is 3.25. The standard InChI is InChI=1S/C7H6BrN3O/c8-7-2-1-6(10-11-9)3-5(7)4-12/h1-3,12H,4H2. The average molecular weight is 228 g/mol. The van der Waals surface area contributed by atoms with Gasteiger partial charge in [-0.05, 0) is 23.2 Å². The van der Waals surface area contributed by atoms with Gasteiger partial charge in [-0.3, -0.25) is 0 Å². The van der Waals surface area contributed by atoms with Gasteiger partial charge in [0.05, 0.1) is 6.61 Å². The van der Waals surface area contributed by atoms with Crippen molar-refractivity contribution >= 4 is 21.6 Å². The van der Waals surface area contributed by atoms with Crippen LogP contribution in [-0.2, 0) is 6.61 Å². The Balaban J connectivity index is 3.13. The van der Waals surface area contributed by atoms with E-state index in [2.05, 4.69) is 26.0 Å². The molecule has 0 fully saturated rings. The van der Waals surface area contributed by atoms with Crippen molar-refractivity contribution in [2.75, 3.05) is 0 Å². The lowest BCUT2D eigenvalue weighted by Crippen LogP contribution is -1.83. The van der Waals surface area contributed by atoms with Crippen molar-refractivity contribution in [1.82, 2.24) is 0 Å². The lowest BCUT2D eigenvalue weighted by atomic mass is 10.2. The molecule has 0 bridgehead atoms. The van der Waals surface area contributed by atoms with Crippen LogP contribution in [0.15, 0.2) is 27.8 Å². The number of rotatable bonds is 2. The molecule has 0 aliphatic heterocycles. The van der Waals surface area contributed by atoms with E-state index < -0.39 is 0 Å². The Morgan fingerprint density at radius 2 is 2.33 bits per heavy atom. The lowest BCUT2D eigenvalue weighted by molar-refractivity contribution is 0.281. The Morgan fingerprint density at radius 3 is 2.92 bits per heavy atom. The molecular formula is C7H6BrN3O. The smallest absolute Gasteiger partial charge is 0.0692 e. The number of aliphatic hydroxyl groups excluding tert-OH is 1. The van der Waals surface area contributed by atoms with E-state index in [-0.39, 0.29) is 6.61 Å². The molecule has 0 atom stereocenters. The number of aliphatic hydroxyl groups is 1. The molecule has 0 heterocycles. The van der Waals surface area contributed by atoms with Crippen LogP contribution in [-0.4, -0.2) is 5.11 Å². The summed E-state index contributed by atoms with van der Waals surface area (Å²) in [4.78, 5) is 2.64. The van der Waals surface area contributed by atoms with Gasteiger partial charge in [0.15, 0.2) is 0 Å². The maximum Gasteiger partial charge on any atom is 0.0692 e. The van der Waals surface area contributed by atoms with Gasteiger partial charge in [0.25, 0.3) is 0 Å². The van der Waals surface area contributed by atoms with Crippen LogP contribution in [0, 0.1) is 0 Å². The van der Waals surface area contributed by atoms with Crippen LogP contribution >= 0.6 is 15.9 Å². The SMILES string of the molecule is [N-]=[N+]=Nc1ccc(Br)c(CO)c1. The molecule has 0 unspecified atom stereocenters. The highest BCUT2D eigenvalue weighted by Crippen LogP contribution is 2.22. The topological polar surface area (TPSA) is 69.0 Å². The number of hydrogen-bond acceptors (Lipinski definition) is 2. The molecule has 1 N–H and O–H groups in total. The Morgan fingerprint density at radius 1 is 1.58 bits per heavy atom. The highest BCUT2D eigenvalue weighted by Gasteiger charge is 1.98. The Kier molecular flexibility index (Phi) is 3.10. The molecule has 4 nitrogen and oxygen atoms in total. The zero-order valence-electron chi connectivity index (χ0n) is 6.11. The maximum atomic E-state index is 8.85. The predicted octanol–water partition coefficient (Wildman–Crippen LogP) is 2.88. The van der Waals surface area contributed by atoms with E-state index in [9.17, 15) is 0 Å². The van der Waals surface area contributed by atoms with Crippen molar-refractivity contribution in [3.8, 4) is 0 Å². The zero-order chi connectivity index (χ0) is 8.97. The third-order valence-corrected chi connectivity index (χ3v) is 2.13. The van der Waals surface area contributed by atoms with Gasteiger partial charge in [0.2, 0.25) is 0 Å². The van der Waals surface area contributed by atoms with Crippen molar-refractivity contribution in [3.63, 3.8) is 0 Å². The van der Waals surface area contributed by atoms with Gasteiger partial charge in [-0.1, -0.05) is 27.1 Å². The van der Waals surface area contributed by atoms with E-state index in [4.69, 9.17) is 10.6 Å². The first kappa shape index (κ1) is 9.06. The highest BCUT2D eigenvalue weighted by molar-refractivity contribution is 9.10. The summed E-state index contributed by atoms with van der Waals surface area (Å²) < 4.78 is 0.807. The monoisotopic (exact) mass is 227 g/mol. The minimum Gasteiger partial charge on any atom is -0.392 e. The molecule has 0 aliphatic carbocycles. The minimum atomic E-state index is -0.0740. The summed E-state index contributed by atoms with van der Waals surface area (Å²) in [5.74, 6) is 0. The molecule has 1 rings (SSSR count). The largest absolute Gasteiger partial charge is 0.392 e. The van der Waals surface area contributed by atoms with Gasteiger partial charge >= 0.3 is 0 Å². The number of nitrogens with zero attached hydrogens (tertiary/aromatic N) is 3. The molecule has 0 saturated heterocycles. The maximum absolute atomic E-state index is 8.85. The quantitative estimate of drug-likeness (QED) is 0.471. The van der Waals surface area contributed by atoms with Crippen LogP contribution in [0.1, 0.15) is 5.56 Å². The van der Waals surface area contributed by atoms with E-state index in [1.807, 2.05) is 0 Å². The fraction of sp³-hybridized carbons (Fsp3) is 0.143. The summed E-state index contributed by atoms with van der Waals surface area (Å²) in [6.45, 7) is -0.0740. The van der Waals surface area contributed by atoms with Crippen LogP contribution < -0.4 is 0 Å². The fourth-order valence-corrected chi connectivity index (χ4v) is 1.17. The number of azide groups is 1. The van der Waals surface area contributed by atoms with Gasteiger partial charge in [-0.15, -0.1) is 0 Å². The van der Waals surface area contributed by atoms with Crippen molar-refractivity contribution in [3.05, 3.63) is 38.7 Å². The van der Waals surface area contributed by atoms with Gasteiger partial charge < -0.3 is 5.11 Å². The second-order valence-electron chi connectivity index (χ2n) is 2.12. The molecule has 1 aromatic rings. The average Bonchev–Trinajstić information content (AvgIpc) is 2.09. The zero-order valence-corrected chi connectivity index (χ0v) is 7.69. The molecule has 12 heavy (non-hydrogen) atoms. The Bertz CT molecular complexity index is 333. The van der Waals surface area contributed by atoms with Crippen LogP contribution in [0.5, 0.6) is 0 Å². The Labute approximate surface area is 77.6 Å². The minimum absolute atomic E-state index is 0.0740. The van der Waals surface area contributed by atoms with Crippen molar-refractivity contribution in [2.45, 2.75) is 6.61 Å². The van der Waals surface area contributed by atoms with E-state index in [0.29, 0.717) is 11.3 Å². The predicted molar refractivity (Wildman–Crippen MR) is 48.9 cm³/mol. The van der Waals surface area contributed by atoms with Gasteiger partial charge in [0, 0.05) is 15.1 Å². The number of benzene rings is 1. The van der Waals surface area contributed by atoms with E-state index in [0.717, 1.165) is 4.47 Å². The van der Waals surface area contributed by atoms with E-state index in [1.54, 1.807) is 18.2 Å². The molecule has 0 saturated carbocycles. The summed E-state index contributed by atoms with van der Waals surface area (Å²) in [5.41, 5.74) is 9.35.